The van der Waals surface area contributed by atoms with Crippen LogP contribution in [-0.2, 0) is 16.3 Å². The molecule has 0 saturated carbocycles. The quantitative estimate of drug-likeness (QED) is 0.808. The normalized spacial score (nSPS) is 11.4. The molecule has 0 radical (unpaired) electrons. The highest BCUT2D eigenvalue weighted by Gasteiger charge is 2.23. The zero-order valence-corrected chi connectivity index (χ0v) is 12.5. The summed E-state index contributed by atoms with van der Waals surface area (Å²) in [6.07, 6.45) is 1.37. The number of ether oxygens (including phenoxy) is 2. The fourth-order valence-corrected chi connectivity index (χ4v) is 1.70. The molecule has 0 N–H and O–H groups in total. The number of benzene rings is 1. The third-order valence-corrected chi connectivity index (χ3v) is 2.98. The highest BCUT2D eigenvalue weighted by molar-refractivity contribution is 5.79. The number of fused-ring (bicyclic) bond motifs is 1. The van der Waals surface area contributed by atoms with Gasteiger partial charge in [0, 0.05) is 0 Å². The maximum atomic E-state index is 12.3. The van der Waals surface area contributed by atoms with E-state index < -0.39 is 5.41 Å². The van der Waals surface area contributed by atoms with Crippen LogP contribution in [0.25, 0.3) is 10.9 Å². The molecule has 112 valence electrons. The van der Waals surface area contributed by atoms with Gasteiger partial charge in [0.2, 0.25) is 0 Å². The molecule has 0 atom stereocenters. The van der Waals surface area contributed by atoms with Crippen molar-refractivity contribution >= 4 is 16.9 Å². The third kappa shape index (κ3) is 3.21. The Labute approximate surface area is 122 Å². The number of hydrogen-bond donors (Lipinski definition) is 0. The smallest absolute Gasteiger partial charge is 0.312 e. The van der Waals surface area contributed by atoms with Gasteiger partial charge in [0.25, 0.3) is 5.56 Å². The monoisotopic (exact) mass is 290 g/mol. The Morgan fingerprint density at radius 2 is 2.05 bits per heavy atom. The van der Waals surface area contributed by atoms with E-state index in [0.29, 0.717) is 16.7 Å². The van der Waals surface area contributed by atoms with Crippen molar-refractivity contribution in [2.24, 2.45) is 5.41 Å². The number of nitrogens with zero attached hydrogens (tertiary/aromatic N) is 2. The van der Waals surface area contributed by atoms with E-state index >= 15 is 0 Å². The van der Waals surface area contributed by atoms with E-state index in [-0.39, 0.29) is 18.3 Å². The van der Waals surface area contributed by atoms with Gasteiger partial charge in [-0.1, -0.05) is 0 Å². The van der Waals surface area contributed by atoms with E-state index in [9.17, 15) is 9.59 Å². The predicted octanol–water partition coefficient (Wildman–Crippen LogP) is 1.95. The van der Waals surface area contributed by atoms with Crippen LogP contribution in [-0.4, -0.2) is 22.6 Å². The lowest BCUT2D eigenvalue weighted by Crippen LogP contribution is -2.28. The fraction of sp³-hybridized carbons (Fsp3) is 0.400. The lowest BCUT2D eigenvalue weighted by atomic mass is 9.98. The first-order chi connectivity index (χ1) is 9.82. The molecule has 0 aliphatic heterocycles. The molecule has 0 amide bonds. The van der Waals surface area contributed by atoms with E-state index in [2.05, 4.69) is 4.98 Å². The van der Waals surface area contributed by atoms with Crippen molar-refractivity contribution in [3.8, 4) is 5.75 Å². The van der Waals surface area contributed by atoms with Crippen LogP contribution in [0.5, 0.6) is 5.75 Å². The molecule has 0 aliphatic rings. The summed E-state index contributed by atoms with van der Waals surface area (Å²) in [5.74, 6) is 0.200. The van der Waals surface area contributed by atoms with Gasteiger partial charge in [0.1, 0.15) is 12.1 Å². The lowest BCUT2D eigenvalue weighted by Gasteiger charge is -2.17. The van der Waals surface area contributed by atoms with Crippen LogP contribution in [0.2, 0.25) is 0 Å². The van der Waals surface area contributed by atoms with Crippen LogP contribution in [0, 0.1) is 5.41 Å². The number of aromatic nitrogens is 2. The minimum absolute atomic E-state index is 0.158. The number of esters is 1. The number of rotatable bonds is 3. The molecule has 0 saturated heterocycles. The summed E-state index contributed by atoms with van der Waals surface area (Å²) in [4.78, 5) is 28.2. The molecule has 6 nitrogen and oxygen atoms in total. The zero-order valence-electron chi connectivity index (χ0n) is 12.5. The lowest BCUT2D eigenvalue weighted by molar-refractivity contribution is -0.157. The molecule has 0 aliphatic carbocycles. The van der Waals surface area contributed by atoms with E-state index in [4.69, 9.17) is 9.47 Å². The summed E-state index contributed by atoms with van der Waals surface area (Å²) in [5.41, 5.74) is -0.322. The minimum atomic E-state index is -0.614. The van der Waals surface area contributed by atoms with Gasteiger partial charge in [0.05, 0.1) is 23.4 Å². The van der Waals surface area contributed by atoms with Gasteiger partial charge in [-0.15, -0.1) is 0 Å². The Balaban J connectivity index is 2.31. The number of methoxy groups -OCH3 is 1. The summed E-state index contributed by atoms with van der Waals surface area (Å²) in [6.45, 7) is 5.10. The molecule has 0 fully saturated rings. The molecular formula is C15H18N2O4. The summed E-state index contributed by atoms with van der Waals surface area (Å²) < 4.78 is 11.5. The Morgan fingerprint density at radius 1 is 1.33 bits per heavy atom. The van der Waals surface area contributed by atoms with Gasteiger partial charge < -0.3 is 9.47 Å². The predicted molar refractivity (Wildman–Crippen MR) is 78.1 cm³/mol. The average molecular weight is 290 g/mol. The molecule has 1 aromatic carbocycles. The van der Waals surface area contributed by atoms with Crippen LogP contribution in [0.4, 0.5) is 0 Å². The molecule has 1 heterocycles. The largest absolute Gasteiger partial charge is 0.497 e. The van der Waals surface area contributed by atoms with Crippen LogP contribution in [0.3, 0.4) is 0 Å². The average Bonchev–Trinajstić information content (AvgIpc) is 2.45. The second-order valence-electron chi connectivity index (χ2n) is 5.71. The maximum absolute atomic E-state index is 12.3. The van der Waals surface area contributed by atoms with Crippen molar-refractivity contribution in [1.29, 1.82) is 0 Å². The second-order valence-corrected chi connectivity index (χ2v) is 5.71. The molecule has 1 aromatic heterocycles. The number of carbonyl (C=O) groups excluding carboxylic acids is 1. The molecule has 2 aromatic rings. The van der Waals surface area contributed by atoms with E-state index in [1.807, 2.05) is 0 Å². The molecule has 6 heteroatoms. The SMILES string of the molecule is COc1ccc2ncn(COC(=O)C(C)(C)C)c(=O)c2c1. The molecule has 2 rings (SSSR count). The van der Waals surface area contributed by atoms with Crippen molar-refractivity contribution in [3.63, 3.8) is 0 Å². The third-order valence-electron chi connectivity index (χ3n) is 2.98. The molecule has 21 heavy (non-hydrogen) atoms. The topological polar surface area (TPSA) is 70.4 Å². The Hall–Kier alpha value is -2.37. The summed E-state index contributed by atoms with van der Waals surface area (Å²) >= 11 is 0. The van der Waals surface area contributed by atoms with Crippen LogP contribution in [0.1, 0.15) is 20.8 Å². The van der Waals surface area contributed by atoms with E-state index in [1.165, 1.54) is 18.0 Å². The molecule has 0 bridgehead atoms. The van der Waals surface area contributed by atoms with Crippen LogP contribution < -0.4 is 10.3 Å². The Kier molecular flexibility index (Phi) is 3.97. The second kappa shape index (κ2) is 5.55. The first-order valence-electron chi connectivity index (χ1n) is 6.53. The molecule has 0 unspecified atom stereocenters. The van der Waals surface area contributed by atoms with E-state index in [0.717, 1.165) is 0 Å². The first kappa shape index (κ1) is 15.0. The Morgan fingerprint density at radius 3 is 2.67 bits per heavy atom. The van der Waals surface area contributed by atoms with Gasteiger partial charge in [-0.05, 0) is 39.0 Å². The van der Waals surface area contributed by atoms with Gasteiger partial charge in [0.15, 0.2) is 6.73 Å². The van der Waals surface area contributed by atoms with Gasteiger partial charge in [-0.3, -0.25) is 14.2 Å². The molecule has 0 spiro atoms. The van der Waals surface area contributed by atoms with Crippen LogP contribution >= 0.6 is 0 Å². The van der Waals surface area contributed by atoms with Crippen molar-refractivity contribution < 1.29 is 14.3 Å². The minimum Gasteiger partial charge on any atom is -0.497 e. The maximum Gasteiger partial charge on any atom is 0.312 e. The summed E-state index contributed by atoms with van der Waals surface area (Å²) in [5, 5.41) is 0.420. The fourth-order valence-electron chi connectivity index (χ4n) is 1.70. The Bertz CT molecular complexity index is 729. The standard InChI is InChI=1S/C15H18N2O4/c1-15(2,3)14(19)21-9-17-8-16-12-6-5-10(20-4)7-11(12)13(17)18/h5-8H,9H2,1-4H3. The van der Waals surface area contributed by atoms with Gasteiger partial charge in [-0.2, -0.15) is 0 Å². The highest BCUT2D eigenvalue weighted by atomic mass is 16.5. The summed E-state index contributed by atoms with van der Waals surface area (Å²) in [6, 6.07) is 5.06. The van der Waals surface area contributed by atoms with Crippen molar-refractivity contribution in [2.75, 3.05) is 7.11 Å². The summed E-state index contributed by atoms with van der Waals surface area (Å²) in [7, 11) is 1.53. The van der Waals surface area contributed by atoms with Crippen molar-refractivity contribution in [3.05, 3.63) is 34.9 Å². The zero-order chi connectivity index (χ0) is 15.6. The number of hydrogen-bond acceptors (Lipinski definition) is 5. The van der Waals surface area contributed by atoms with Crippen LogP contribution in [0.15, 0.2) is 29.3 Å². The van der Waals surface area contributed by atoms with Gasteiger partial charge >= 0.3 is 5.97 Å². The molecular weight excluding hydrogens is 272 g/mol. The van der Waals surface area contributed by atoms with Gasteiger partial charge in [-0.25, -0.2) is 4.98 Å². The van der Waals surface area contributed by atoms with Crippen molar-refractivity contribution in [2.45, 2.75) is 27.5 Å². The van der Waals surface area contributed by atoms with Crippen molar-refractivity contribution in [1.82, 2.24) is 9.55 Å². The first-order valence-corrected chi connectivity index (χ1v) is 6.53. The van der Waals surface area contributed by atoms with E-state index in [1.54, 1.807) is 39.0 Å². The highest BCUT2D eigenvalue weighted by Crippen LogP contribution is 2.17. The number of carbonyl (C=O) groups is 1.